The minimum absolute atomic E-state index is 0.0221. The van der Waals surface area contributed by atoms with E-state index in [1.54, 1.807) is 0 Å². The lowest BCUT2D eigenvalue weighted by atomic mass is 9.96. The molecule has 2 N–H and O–H groups in total. The van der Waals surface area contributed by atoms with Crippen molar-refractivity contribution in [2.75, 3.05) is 26.2 Å². The monoisotopic (exact) mass is 540 g/mol. The number of unbranched alkanes of at least 4 members (excludes halogenated alkanes) is 1. The van der Waals surface area contributed by atoms with Gasteiger partial charge in [0.25, 0.3) is 5.91 Å². The van der Waals surface area contributed by atoms with Crippen LogP contribution in [0.15, 0.2) is 71.9 Å². The van der Waals surface area contributed by atoms with Crippen LogP contribution < -0.4 is 5.32 Å². The summed E-state index contributed by atoms with van der Waals surface area (Å²) in [6.45, 7) is 8.19. The fraction of sp³-hybridized carbons (Fsp3) is 0.344. The van der Waals surface area contributed by atoms with Gasteiger partial charge < -0.3 is 15.2 Å². The van der Waals surface area contributed by atoms with Crippen LogP contribution in [-0.4, -0.2) is 51.9 Å². The van der Waals surface area contributed by atoms with E-state index in [4.69, 9.17) is 4.98 Å². The highest BCUT2D eigenvalue weighted by atomic mass is 32.1. The third-order valence-corrected chi connectivity index (χ3v) is 8.24. The third-order valence-electron chi connectivity index (χ3n) is 7.80. The van der Waals surface area contributed by atoms with Gasteiger partial charge in [0.2, 0.25) is 0 Å². The van der Waals surface area contributed by atoms with Gasteiger partial charge in [-0.25, -0.2) is 4.98 Å². The average molecular weight is 541 g/mol. The summed E-state index contributed by atoms with van der Waals surface area (Å²) >= 11 is 3.51. The highest BCUT2D eigenvalue weighted by Crippen LogP contribution is 2.35. The maximum Gasteiger partial charge on any atom is 0.256 e. The van der Waals surface area contributed by atoms with Gasteiger partial charge in [-0.15, -0.1) is 0 Å². The second-order valence-corrected chi connectivity index (χ2v) is 11.0. The zero-order chi connectivity index (χ0) is 27.2. The van der Waals surface area contributed by atoms with Crippen LogP contribution >= 0.6 is 0 Å². The zero-order valence-corrected chi connectivity index (χ0v) is 23.8. The second kappa shape index (κ2) is 12.6. The van der Waals surface area contributed by atoms with Crippen molar-refractivity contribution in [2.24, 2.45) is 0 Å². The number of aromatic nitrogens is 3. The molecule has 0 saturated carbocycles. The Morgan fingerprint density at radius 1 is 1.00 bits per heavy atom. The van der Waals surface area contributed by atoms with Crippen LogP contribution in [0.5, 0.6) is 0 Å². The van der Waals surface area contributed by atoms with E-state index in [2.05, 4.69) is 64.9 Å². The minimum atomic E-state index is -0.0221. The number of nitrogens with zero attached hydrogens (tertiary/aromatic N) is 3. The van der Waals surface area contributed by atoms with Crippen molar-refractivity contribution < 1.29 is 4.79 Å². The van der Waals surface area contributed by atoms with Crippen molar-refractivity contribution in [3.63, 3.8) is 0 Å². The van der Waals surface area contributed by atoms with Gasteiger partial charge in [-0.3, -0.25) is 9.78 Å². The number of hydrogen-bond donors (Lipinski definition) is 2. The smallest absolute Gasteiger partial charge is 0.256 e. The first-order chi connectivity index (χ1) is 19.0. The Labute approximate surface area is 236 Å². The Kier molecular flexibility index (Phi) is 8.79. The van der Waals surface area contributed by atoms with Crippen LogP contribution in [0.1, 0.15) is 58.9 Å². The van der Waals surface area contributed by atoms with Crippen molar-refractivity contribution in [2.45, 2.75) is 50.3 Å². The van der Waals surface area contributed by atoms with Crippen LogP contribution in [0.3, 0.4) is 0 Å². The van der Waals surface area contributed by atoms with Gasteiger partial charge in [-0.05, 0) is 113 Å². The topological polar surface area (TPSA) is 73.9 Å². The van der Waals surface area contributed by atoms with E-state index in [1.807, 2.05) is 48.8 Å². The van der Waals surface area contributed by atoms with E-state index in [0.29, 0.717) is 18.0 Å². The maximum atomic E-state index is 12.4. The van der Waals surface area contributed by atoms with Gasteiger partial charge in [-0.1, -0.05) is 24.3 Å². The number of amides is 1. The van der Waals surface area contributed by atoms with Crippen LogP contribution in [0.25, 0.3) is 22.5 Å². The van der Waals surface area contributed by atoms with Gasteiger partial charge in [0, 0.05) is 36.0 Å². The van der Waals surface area contributed by atoms with Crippen LogP contribution in [0, 0.1) is 13.8 Å². The number of pyridine rings is 1. The number of aryl methyl sites for hydroxylation is 2. The highest BCUT2D eigenvalue weighted by molar-refractivity contribution is 7.58. The molecule has 202 valence electrons. The average Bonchev–Trinajstić information content (AvgIpc) is 3.41. The summed E-state index contributed by atoms with van der Waals surface area (Å²) in [6.07, 6.45) is 7.91. The van der Waals surface area contributed by atoms with E-state index in [-0.39, 0.29) is 5.91 Å². The SMILES string of the molecule is Cc1ccc(-c2nc(C3CCN(CCCCNC(=O)c4ccccc4[SH2+])CC3)[nH]c2-c2ccncc2)cc1C. The molecule has 2 aromatic heterocycles. The number of hydrogen-bond acceptors (Lipinski definition) is 4. The van der Waals surface area contributed by atoms with Gasteiger partial charge in [-0.2, -0.15) is 0 Å². The van der Waals surface area contributed by atoms with Gasteiger partial charge >= 0.3 is 0 Å². The van der Waals surface area contributed by atoms with Crippen molar-refractivity contribution in [3.05, 3.63) is 89.5 Å². The van der Waals surface area contributed by atoms with E-state index >= 15 is 0 Å². The van der Waals surface area contributed by atoms with E-state index in [1.165, 1.54) is 11.1 Å². The molecule has 0 spiro atoms. The third kappa shape index (κ3) is 6.60. The summed E-state index contributed by atoms with van der Waals surface area (Å²) in [4.78, 5) is 28.8. The first kappa shape index (κ1) is 27.2. The number of aromatic amines is 1. The largest absolute Gasteiger partial charge is 0.352 e. The number of likely N-dealkylation sites (tertiary alicyclic amines) is 1. The van der Waals surface area contributed by atoms with E-state index in [9.17, 15) is 4.79 Å². The number of benzene rings is 2. The number of H-pyrrole nitrogens is 1. The van der Waals surface area contributed by atoms with E-state index in [0.717, 1.165) is 78.6 Å². The molecule has 3 heterocycles. The summed E-state index contributed by atoms with van der Waals surface area (Å²) in [5.41, 5.74) is 7.60. The predicted molar refractivity (Wildman–Crippen MR) is 162 cm³/mol. The van der Waals surface area contributed by atoms with Crippen molar-refractivity contribution in [1.82, 2.24) is 25.2 Å². The van der Waals surface area contributed by atoms with Gasteiger partial charge in [0.15, 0.2) is 4.90 Å². The van der Waals surface area contributed by atoms with E-state index < -0.39 is 0 Å². The van der Waals surface area contributed by atoms with Crippen LogP contribution in [0.4, 0.5) is 0 Å². The summed E-state index contributed by atoms with van der Waals surface area (Å²) in [7, 11) is 0. The number of carbonyl (C=O) groups excluding carboxylic acids is 1. The molecular formula is C32H38N5OS+. The molecule has 0 radical (unpaired) electrons. The first-order valence-corrected chi connectivity index (χ1v) is 14.4. The maximum absolute atomic E-state index is 12.4. The molecule has 1 fully saturated rings. The van der Waals surface area contributed by atoms with Gasteiger partial charge in [0.1, 0.15) is 5.82 Å². The molecule has 2 aromatic carbocycles. The molecule has 1 aliphatic rings. The van der Waals surface area contributed by atoms with Crippen molar-refractivity contribution in [3.8, 4) is 22.5 Å². The lowest BCUT2D eigenvalue weighted by Gasteiger charge is -2.31. The molecule has 39 heavy (non-hydrogen) atoms. The molecule has 1 amide bonds. The molecule has 0 unspecified atom stereocenters. The molecule has 1 saturated heterocycles. The van der Waals surface area contributed by atoms with Crippen molar-refractivity contribution >= 4 is 18.5 Å². The van der Waals surface area contributed by atoms with Crippen molar-refractivity contribution in [1.29, 1.82) is 0 Å². The van der Waals surface area contributed by atoms with Crippen LogP contribution in [-0.2, 0) is 12.6 Å². The molecule has 6 nitrogen and oxygen atoms in total. The lowest BCUT2D eigenvalue weighted by Crippen LogP contribution is -2.34. The minimum Gasteiger partial charge on any atom is -0.352 e. The Morgan fingerprint density at radius 2 is 1.77 bits per heavy atom. The Morgan fingerprint density at radius 3 is 2.51 bits per heavy atom. The summed E-state index contributed by atoms with van der Waals surface area (Å²) < 4.78 is 0. The first-order valence-electron chi connectivity index (χ1n) is 13.9. The number of piperidine rings is 1. The zero-order valence-electron chi connectivity index (χ0n) is 22.8. The fourth-order valence-electron chi connectivity index (χ4n) is 5.28. The standard InChI is InChI=1S/C32H37N5OS/c1-22-9-10-26(21-23(22)2)30-29(24-11-16-33-17-12-24)35-31(36-30)25-13-19-37(20-14-25)18-6-5-15-34-32(38)27-7-3-4-8-28(27)39/h3-4,7-12,16-17,21,25,39H,5-6,13-15,18-20H2,1-2H3,(H,34,38)(H,35,36)/p+1. The Bertz CT molecular complexity index is 1410. The molecule has 5 rings (SSSR count). The highest BCUT2D eigenvalue weighted by Gasteiger charge is 2.25. The molecular weight excluding hydrogens is 502 g/mol. The Hall–Kier alpha value is -3.42. The summed E-state index contributed by atoms with van der Waals surface area (Å²) in [5, 5.41) is 3.04. The molecule has 4 aromatic rings. The Balaban J connectivity index is 1.16. The fourth-order valence-corrected chi connectivity index (χ4v) is 5.57. The number of rotatable bonds is 9. The lowest BCUT2D eigenvalue weighted by molar-refractivity contribution is 0.0949. The number of carbonyl (C=O) groups is 1. The molecule has 0 aliphatic carbocycles. The predicted octanol–water partition coefficient (Wildman–Crippen LogP) is 5.52. The quantitative estimate of drug-likeness (QED) is 0.217. The normalized spacial score (nSPS) is 14.4. The number of nitrogens with one attached hydrogen (secondary N) is 2. The second-order valence-electron chi connectivity index (χ2n) is 10.5. The molecule has 7 heteroatoms. The summed E-state index contributed by atoms with van der Waals surface area (Å²) in [5.74, 6) is 1.49. The summed E-state index contributed by atoms with van der Waals surface area (Å²) in [6, 6.07) is 18.2. The van der Waals surface area contributed by atoms with Crippen LogP contribution in [0.2, 0.25) is 0 Å². The number of imidazole rings is 1. The van der Waals surface area contributed by atoms with Gasteiger partial charge in [0.05, 0.1) is 17.0 Å². The molecule has 1 aliphatic heterocycles. The molecule has 0 bridgehead atoms. The molecule has 0 atom stereocenters.